The van der Waals surface area contributed by atoms with Crippen molar-refractivity contribution >= 4 is 11.9 Å². The zero-order valence-electron chi connectivity index (χ0n) is 11.9. The molecule has 0 bridgehead atoms. The van der Waals surface area contributed by atoms with Crippen LogP contribution in [-0.4, -0.2) is 25.2 Å². The molecule has 0 radical (unpaired) electrons. The second-order valence-corrected chi connectivity index (χ2v) is 4.34. The van der Waals surface area contributed by atoms with Gasteiger partial charge in [-0.1, -0.05) is 12.1 Å². The van der Waals surface area contributed by atoms with Gasteiger partial charge in [0.15, 0.2) is 5.92 Å². The Hall–Kier alpha value is -1.91. The van der Waals surface area contributed by atoms with Crippen molar-refractivity contribution < 1.29 is 23.5 Å². The van der Waals surface area contributed by atoms with Crippen molar-refractivity contribution in [1.82, 2.24) is 0 Å². The maximum absolute atomic E-state index is 13.2. The van der Waals surface area contributed by atoms with E-state index in [1.165, 1.54) is 6.07 Å². The van der Waals surface area contributed by atoms with Gasteiger partial charge in [0.2, 0.25) is 0 Å². The molecule has 20 heavy (non-hydrogen) atoms. The van der Waals surface area contributed by atoms with E-state index in [9.17, 15) is 14.0 Å². The van der Waals surface area contributed by atoms with E-state index < -0.39 is 17.9 Å². The third-order valence-electron chi connectivity index (χ3n) is 2.80. The fourth-order valence-corrected chi connectivity index (χ4v) is 1.82. The minimum atomic E-state index is -1.01. The van der Waals surface area contributed by atoms with Crippen molar-refractivity contribution in [2.45, 2.75) is 27.2 Å². The van der Waals surface area contributed by atoms with Crippen LogP contribution < -0.4 is 0 Å². The lowest BCUT2D eigenvalue weighted by Gasteiger charge is -2.14. The van der Waals surface area contributed by atoms with Gasteiger partial charge in [0.1, 0.15) is 5.82 Å². The largest absolute Gasteiger partial charge is 0.465 e. The molecule has 0 saturated carbocycles. The van der Waals surface area contributed by atoms with Crippen molar-refractivity contribution in [2.75, 3.05) is 13.2 Å². The highest BCUT2D eigenvalue weighted by Gasteiger charge is 2.29. The van der Waals surface area contributed by atoms with Crippen LogP contribution in [0.15, 0.2) is 18.2 Å². The molecular weight excluding hydrogens is 263 g/mol. The summed E-state index contributed by atoms with van der Waals surface area (Å²) in [6.45, 7) is 5.35. The minimum Gasteiger partial charge on any atom is -0.465 e. The number of benzene rings is 1. The van der Waals surface area contributed by atoms with Crippen LogP contribution in [0.4, 0.5) is 4.39 Å². The van der Waals surface area contributed by atoms with E-state index in [0.717, 1.165) is 0 Å². The van der Waals surface area contributed by atoms with E-state index in [1.807, 2.05) is 0 Å². The third kappa shape index (κ3) is 4.33. The van der Waals surface area contributed by atoms with Crippen LogP contribution in [-0.2, 0) is 25.5 Å². The summed E-state index contributed by atoms with van der Waals surface area (Å²) in [4.78, 5) is 23.6. The first-order valence-electron chi connectivity index (χ1n) is 6.57. The summed E-state index contributed by atoms with van der Waals surface area (Å²) in [5.74, 6) is -2.57. The number of esters is 2. The Morgan fingerprint density at radius 3 is 2.15 bits per heavy atom. The smallest absolute Gasteiger partial charge is 0.320 e. The summed E-state index contributed by atoms with van der Waals surface area (Å²) < 4.78 is 23.0. The van der Waals surface area contributed by atoms with Crippen LogP contribution in [0, 0.1) is 18.7 Å². The average molecular weight is 282 g/mol. The summed E-state index contributed by atoms with van der Waals surface area (Å²) in [5.41, 5.74) is 1.16. The Morgan fingerprint density at radius 1 is 1.15 bits per heavy atom. The molecule has 0 saturated heterocycles. The second kappa shape index (κ2) is 7.62. The Bertz CT molecular complexity index is 467. The van der Waals surface area contributed by atoms with Crippen LogP contribution in [0.2, 0.25) is 0 Å². The van der Waals surface area contributed by atoms with Gasteiger partial charge in [-0.3, -0.25) is 9.59 Å². The highest BCUT2D eigenvalue weighted by atomic mass is 19.1. The predicted octanol–water partition coefficient (Wildman–Crippen LogP) is 2.42. The van der Waals surface area contributed by atoms with Crippen molar-refractivity contribution in [1.29, 1.82) is 0 Å². The van der Waals surface area contributed by atoms with Gasteiger partial charge in [0.05, 0.1) is 13.2 Å². The molecule has 1 aromatic rings. The number of hydrogen-bond donors (Lipinski definition) is 0. The molecular formula is C15H19FO4. The van der Waals surface area contributed by atoms with Crippen LogP contribution in [0.1, 0.15) is 25.0 Å². The number of carbonyl (C=O) groups excluding carboxylic acids is 2. The molecule has 0 aliphatic heterocycles. The van der Waals surface area contributed by atoms with Crippen molar-refractivity contribution in [3.05, 3.63) is 35.1 Å². The quantitative estimate of drug-likeness (QED) is 0.594. The zero-order chi connectivity index (χ0) is 15.1. The fraction of sp³-hybridized carbons (Fsp3) is 0.467. The molecule has 0 aliphatic carbocycles. The van der Waals surface area contributed by atoms with Crippen LogP contribution >= 0.6 is 0 Å². The molecule has 0 amide bonds. The van der Waals surface area contributed by atoms with Crippen LogP contribution in [0.25, 0.3) is 0 Å². The van der Waals surface area contributed by atoms with Gasteiger partial charge in [0, 0.05) is 0 Å². The van der Waals surface area contributed by atoms with E-state index in [0.29, 0.717) is 11.1 Å². The lowest BCUT2D eigenvalue weighted by atomic mass is 9.98. The molecule has 5 heteroatoms. The maximum atomic E-state index is 13.2. The summed E-state index contributed by atoms with van der Waals surface area (Å²) in [6.07, 6.45) is 0.138. The molecule has 0 aromatic heterocycles. The fourth-order valence-electron chi connectivity index (χ4n) is 1.82. The summed E-state index contributed by atoms with van der Waals surface area (Å²) in [6, 6.07) is 4.48. The molecule has 1 aromatic carbocycles. The highest BCUT2D eigenvalue weighted by Crippen LogP contribution is 2.16. The number of halogens is 1. The van der Waals surface area contributed by atoms with Gasteiger partial charge in [0.25, 0.3) is 0 Å². The van der Waals surface area contributed by atoms with Gasteiger partial charge >= 0.3 is 11.9 Å². The van der Waals surface area contributed by atoms with E-state index in [2.05, 4.69) is 0 Å². The molecule has 0 aliphatic rings. The topological polar surface area (TPSA) is 52.6 Å². The summed E-state index contributed by atoms with van der Waals surface area (Å²) >= 11 is 0. The van der Waals surface area contributed by atoms with E-state index >= 15 is 0 Å². The van der Waals surface area contributed by atoms with Gasteiger partial charge in [-0.05, 0) is 44.4 Å². The standard InChI is InChI=1S/C15H19FO4/c1-4-19-14(17)12(15(18)20-5-2)9-11-6-7-13(16)10(3)8-11/h6-8,12H,4-5,9H2,1-3H3. The summed E-state index contributed by atoms with van der Waals surface area (Å²) in [5, 5.41) is 0. The normalized spacial score (nSPS) is 10.4. The van der Waals surface area contributed by atoms with Gasteiger partial charge in [-0.15, -0.1) is 0 Å². The minimum absolute atomic E-state index is 0.138. The molecule has 110 valence electrons. The number of rotatable bonds is 6. The molecule has 0 heterocycles. The van der Waals surface area contributed by atoms with Crippen molar-refractivity contribution in [2.24, 2.45) is 5.92 Å². The van der Waals surface area contributed by atoms with Gasteiger partial charge in [-0.2, -0.15) is 0 Å². The first-order valence-corrected chi connectivity index (χ1v) is 6.57. The first-order chi connectivity index (χ1) is 9.49. The van der Waals surface area contributed by atoms with E-state index in [4.69, 9.17) is 9.47 Å². The maximum Gasteiger partial charge on any atom is 0.320 e. The Morgan fingerprint density at radius 2 is 1.70 bits per heavy atom. The van der Waals surface area contributed by atoms with Crippen LogP contribution in [0.5, 0.6) is 0 Å². The molecule has 0 N–H and O–H groups in total. The number of aryl methyl sites for hydroxylation is 1. The zero-order valence-corrected chi connectivity index (χ0v) is 11.9. The Kier molecular flexibility index (Phi) is 6.15. The average Bonchev–Trinajstić information content (AvgIpc) is 2.40. The molecule has 0 spiro atoms. The molecule has 4 nitrogen and oxygen atoms in total. The second-order valence-electron chi connectivity index (χ2n) is 4.34. The highest BCUT2D eigenvalue weighted by molar-refractivity contribution is 5.95. The summed E-state index contributed by atoms with van der Waals surface area (Å²) in [7, 11) is 0. The molecule has 1 rings (SSSR count). The Balaban J connectivity index is 2.90. The van der Waals surface area contributed by atoms with E-state index in [-0.39, 0.29) is 25.5 Å². The number of hydrogen-bond acceptors (Lipinski definition) is 4. The van der Waals surface area contributed by atoms with Crippen LogP contribution in [0.3, 0.4) is 0 Å². The van der Waals surface area contributed by atoms with Gasteiger partial charge < -0.3 is 9.47 Å². The molecule has 0 atom stereocenters. The number of carbonyl (C=O) groups is 2. The molecule has 0 fully saturated rings. The predicted molar refractivity (Wildman–Crippen MR) is 71.6 cm³/mol. The lowest BCUT2D eigenvalue weighted by molar-refractivity contribution is -0.161. The van der Waals surface area contributed by atoms with Gasteiger partial charge in [-0.25, -0.2) is 4.39 Å². The lowest BCUT2D eigenvalue weighted by Crippen LogP contribution is -2.30. The Labute approximate surface area is 117 Å². The first kappa shape index (κ1) is 16.1. The molecule has 0 unspecified atom stereocenters. The third-order valence-corrected chi connectivity index (χ3v) is 2.80. The SMILES string of the molecule is CCOC(=O)C(Cc1ccc(F)c(C)c1)C(=O)OCC. The van der Waals surface area contributed by atoms with E-state index in [1.54, 1.807) is 32.9 Å². The van der Waals surface area contributed by atoms with Crippen molar-refractivity contribution in [3.8, 4) is 0 Å². The monoisotopic (exact) mass is 282 g/mol. The number of ether oxygens (including phenoxy) is 2. The van der Waals surface area contributed by atoms with Crippen molar-refractivity contribution in [3.63, 3.8) is 0 Å².